The first kappa shape index (κ1) is 26.6. The summed E-state index contributed by atoms with van der Waals surface area (Å²) in [4.78, 5) is 18.0. The number of hydrogen-bond acceptors (Lipinski definition) is 4. The fourth-order valence-corrected chi connectivity index (χ4v) is 5.35. The predicted molar refractivity (Wildman–Crippen MR) is 144 cm³/mol. The molecular weight excluding hydrogens is 467 g/mol. The van der Waals surface area contributed by atoms with E-state index in [0.717, 1.165) is 42.4 Å². The molecule has 37 heavy (non-hydrogen) atoms. The molecule has 2 heterocycles. The van der Waals surface area contributed by atoms with Crippen LogP contribution in [0.4, 0.5) is 4.39 Å². The highest BCUT2D eigenvalue weighted by molar-refractivity contribution is 5.83. The summed E-state index contributed by atoms with van der Waals surface area (Å²) in [6.45, 7) is 4.40. The van der Waals surface area contributed by atoms with Crippen molar-refractivity contribution >= 4 is 16.9 Å². The molecule has 0 saturated carbocycles. The number of benzene rings is 2. The molecule has 0 aliphatic carbocycles. The molecule has 4 rings (SSSR count). The number of pyridine rings is 1. The lowest BCUT2D eigenvalue weighted by Gasteiger charge is -2.38. The summed E-state index contributed by atoms with van der Waals surface area (Å²) >= 11 is 0. The summed E-state index contributed by atoms with van der Waals surface area (Å²) in [5, 5.41) is 10.1. The van der Waals surface area contributed by atoms with Gasteiger partial charge < -0.3 is 9.84 Å². The minimum atomic E-state index is -1.11. The lowest BCUT2D eigenvalue weighted by Crippen LogP contribution is -2.41. The number of carbonyl (C=O) groups is 1. The Labute approximate surface area is 218 Å². The topological polar surface area (TPSA) is 62.7 Å². The van der Waals surface area contributed by atoms with Crippen LogP contribution in [-0.4, -0.2) is 47.7 Å². The third-order valence-electron chi connectivity index (χ3n) is 7.37. The van der Waals surface area contributed by atoms with Crippen LogP contribution in [0.1, 0.15) is 55.0 Å². The molecule has 1 unspecified atom stereocenters. The number of methoxy groups -OCH3 is 1. The number of piperidine rings is 1. The number of aryl methyl sites for hydroxylation is 1. The number of likely N-dealkylation sites (tertiary alicyclic amines) is 1. The minimum Gasteiger partial charge on any atom is -0.497 e. The van der Waals surface area contributed by atoms with E-state index in [0.29, 0.717) is 36.6 Å². The zero-order valence-corrected chi connectivity index (χ0v) is 21.6. The number of aliphatic carboxylic acids is 1. The van der Waals surface area contributed by atoms with E-state index in [1.165, 1.54) is 5.56 Å². The highest BCUT2D eigenvalue weighted by Crippen LogP contribution is 2.36. The first-order valence-corrected chi connectivity index (χ1v) is 13.0. The van der Waals surface area contributed by atoms with Crippen LogP contribution in [-0.2, 0) is 4.79 Å². The van der Waals surface area contributed by atoms with Gasteiger partial charge in [0, 0.05) is 30.1 Å². The third kappa shape index (κ3) is 7.30. The van der Waals surface area contributed by atoms with E-state index in [1.54, 1.807) is 19.4 Å². The van der Waals surface area contributed by atoms with Crippen molar-refractivity contribution < 1.29 is 19.0 Å². The molecule has 1 aliphatic heterocycles. The second-order valence-electron chi connectivity index (χ2n) is 9.98. The standard InChI is InChI=1S/C31H35FN2O3/c1-22-5-3-6-23(19-22)7-4-17-34-18-15-24(25(21-34)9-13-31(35)36)8-11-29(32)27-14-16-33-30-12-10-26(37-2)20-28(27)30/h3,5-6,10,12,14,16,19-20,24-25,29H,8-9,11,13,15,17-18,21H2,1-2H3,(H,35,36)/t24-,25+,29?/m1/s1. The van der Waals surface area contributed by atoms with Gasteiger partial charge in [-0.05, 0) is 98.5 Å². The van der Waals surface area contributed by atoms with Gasteiger partial charge in [-0.15, -0.1) is 0 Å². The second kappa shape index (κ2) is 12.7. The van der Waals surface area contributed by atoms with Gasteiger partial charge in [0.15, 0.2) is 0 Å². The number of halogens is 1. The van der Waals surface area contributed by atoms with Crippen molar-refractivity contribution in [3.05, 3.63) is 71.4 Å². The molecule has 0 bridgehead atoms. The van der Waals surface area contributed by atoms with Gasteiger partial charge in [0.1, 0.15) is 11.9 Å². The van der Waals surface area contributed by atoms with Gasteiger partial charge >= 0.3 is 5.97 Å². The van der Waals surface area contributed by atoms with Crippen molar-refractivity contribution in [2.24, 2.45) is 11.8 Å². The van der Waals surface area contributed by atoms with Crippen LogP contribution < -0.4 is 4.74 Å². The van der Waals surface area contributed by atoms with Gasteiger partial charge in [-0.1, -0.05) is 24.0 Å². The SMILES string of the molecule is COc1ccc2nccc(C(F)CC[C@@H]3CCN(CC#Cc4cccc(C)c4)C[C@@H]3CCC(=O)O)c2c1. The predicted octanol–water partition coefficient (Wildman–Crippen LogP) is 6.20. The molecule has 6 heteroatoms. The van der Waals surface area contributed by atoms with Crippen LogP contribution >= 0.6 is 0 Å². The summed E-state index contributed by atoms with van der Waals surface area (Å²) in [5.41, 5.74) is 3.58. The Hall–Kier alpha value is -3.43. The van der Waals surface area contributed by atoms with Gasteiger partial charge in [-0.25, -0.2) is 4.39 Å². The van der Waals surface area contributed by atoms with Crippen LogP contribution in [0.3, 0.4) is 0 Å². The first-order valence-electron chi connectivity index (χ1n) is 13.0. The molecule has 1 N–H and O–H groups in total. The Kier molecular flexibility index (Phi) is 9.14. The second-order valence-corrected chi connectivity index (χ2v) is 9.98. The maximum absolute atomic E-state index is 15.5. The summed E-state index contributed by atoms with van der Waals surface area (Å²) in [6.07, 6.45) is 3.33. The summed E-state index contributed by atoms with van der Waals surface area (Å²) in [5.74, 6) is 6.93. The third-order valence-corrected chi connectivity index (χ3v) is 7.37. The van der Waals surface area contributed by atoms with Gasteiger partial charge in [0.25, 0.3) is 0 Å². The highest BCUT2D eigenvalue weighted by Gasteiger charge is 2.30. The molecule has 3 atom stereocenters. The summed E-state index contributed by atoms with van der Waals surface area (Å²) in [6, 6.07) is 15.4. The van der Waals surface area contributed by atoms with E-state index in [1.807, 2.05) is 30.3 Å². The smallest absolute Gasteiger partial charge is 0.303 e. The molecular formula is C31H35FN2O3. The Balaban J connectivity index is 1.39. The Morgan fingerprint density at radius 3 is 2.86 bits per heavy atom. The molecule has 3 aromatic rings. The van der Waals surface area contributed by atoms with Crippen molar-refractivity contribution in [2.45, 2.75) is 45.2 Å². The maximum atomic E-state index is 15.5. The van der Waals surface area contributed by atoms with E-state index in [2.05, 4.69) is 40.8 Å². The molecule has 1 saturated heterocycles. The van der Waals surface area contributed by atoms with Gasteiger partial charge in [-0.3, -0.25) is 14.7 Å². The fourth-order valence-electron chi connectivity index (χ4n) is 5.35. The number of carboxylic acid groups (broad SMARTS) is 1. The quantitative estimate of drug-likeness (QED) is 0.353. The molecule has 2 aromatic carbocycles. The van der Waals surface area contributed by atoms with Gasteiger partial charge in [-0.2, -0.15) is 0 Å². The molecule has 5 nitrogen and oxygen atoms in total. The number of rotatable bonds is 9. The van der Waals surface area contributed by atoms with Crippen LogP contribution in [0.5, 0.6) is 5.75 Å². The average Bonchev–Trinajstić information content (AvgIpc) is 2.90. The van der Waals surface area contributed by atoms with E-state index in [9.17, 15) is 9.90 Å². The minimum absolute atomic E-state index is 0.137. The van der Waals surface area contributed by atoms with Crippen molar-refractivity contribution in [2.75, 3.05) is 26.7 Å². The van der Waals surface area contributed by atoms with Crippen molar-refractivity contribution in [3.63, 3.8) is 0 Å². The Morgan fingerprint density at radius 1 is 1.22 bits per heavy atom. The van der Waals surface area contributed by atoms with Crippen LogP contribution in [0.25, 0.3) is 10.9 Å². The maximum Gasteiger partial charge on any atom is 0.303 e. The number of fused-ring (bicyclic) bond motifs is 1. The van der Waals surface area contributed by atoms with Crippen LogP contribution in [0.2, 0.25) is 0 Å². The van der Waals surface area contributed by atoms with Crippen LogP contribution in [0.15, 0.2) is 54.7 Å². The number of carboxylic acids is 1. The lowest BCUT2D eigenvalue weighted by atomic mass is 9.79. The van der Waals surface area contributed by atoms with Crippen molar-refractivity contribution in [1.82, 2.24) is 9.88 Å². The van der Waals surface area contributed by atoms with E-state index in [-0.39, 0.29) is 12.3 Å². The molecule has 194 valence electrons. The van der Waals surface area contributed by atoms with Gasteiger partial charge in [0.05, 0.1) is 19.2 Å². The number of alkyl halides is 1. The first-order chi connectivity index (χ1) is 17.9. The monoisotopic (exact) mass is 502 g/mol. The fraction of sp³-hybridized carbons (Fsp3) is 0.419. The number of ether oxygens (including phenoxy) is 1. The van der Waals surface area contributed by atoms with Gasteiger partial charge in [0.2, 0.25) is 0 Å². The highest BCUT2D eigenvalue weighted by atomic mass is 19.1. The molecule has 1 fully saturated rings. The molecule has 1 aliphatic rings. The Bertz CT molecular complexity index is 1280. The molecule has 0 radical (unpaired) electrons. The van der Waals surface area contributed by atoms with Crippen molar-refractivity contribution in [1.29, 1.82) is 0 Å². The zero-order valence-electron chi connectivity index (χ0n) is 21.6. The number of hydrogen-bond donors (Lipinski definition) is 1. The molecule has 0 amide bonds. The van der Waals surface area contributed by atoms with E-state index < -0.39 is 12.1 Å². The van der Waals surface area contributed by atoms with Crippen molar-refractivity contribution in [3.8, 4) is 17.6 Å². The van der Waals surface area contributed by atoms with E-state index in [4.69, 9.17) is 4.74 Å². The lowest BCUT2D eigenvalue weighted by molar-refractivity contribution is -0.137. The normalized spacial score (nSPS) is 18.7. The molecule has 1 aromatic heterocycles. The zero-order chi connectivity index (χ0) is 26.2. The summed E-state index contributed by atoms with van der Waals surface area (Å²) < 4.78 is 20.9. The number of aromatic nitrogens is 1. The van der Waals surface area contributed by atoms with E-state index >= 15 is 4.39 Å². The number of nitrogens with zero attached hydrogens (tertiary/aromatic N) is 2. The Morgan fingerprint density at radius 2 is 2.08 bits per heavy atom. The average molecular weight is 503 g/mol. The summed E-state index contributed by atoms with van der Waals surface area (Å²) in [7, 11) is 1.60. The largest absolute Gasteiger partial charge is 0.497 e. The van der Waals surface area contributed by atoms with Crippen LogP contribution in [0, 0.1) is 30.6 Å². The molecule has 0 spiro atoms.